The van der Waals surface area contributed by atoms with Crippen LogP contribution >= 0.6 is 12.2 Å². The molecule has 0 bridgehead atoms. The molecule has 0 aliphatic rings. The second kappa shape index (κ2) is 9.03. The van der Waals surface area contributed by atoms with Gasteiger partial charge in [0.05, 0.1) is 0 Å². The number of hydrogen-bond donors (Lipinski definition) is 0. The zero-order chi connectivity index (χ0) is 5.58. The molecular weight excluding hydrogens is 183 g/mol. The van der Waals surface area contributed by atoms with Gasteiger partial charge in [-0.15, -0.1) is 17.5 Å². The molecule has 0 aromatic rings. The third kappa shape index (κ3) is 357. The molecule has 0 aliphatic carbocycles. The Balaban J connectivity index is 0. The predicted molar refractivity (Wildman–Crippen MR) is 13.3 cm³/mol. The minimum absolute atomic E-state index is 0.300. The summed E-state index contributed by atoms with van der Waals surface area (Å²) >= 11 is 3.73. The first-order valence-corrected chi connectivity index (χ1v) is 2.23. The summed E-state index contributed by atoms with van der Waals surface area (Å²) in [5, 5.41) is 15.9. The fraction of sp³-hybridized carbons (Fsp3) is 0. The Labute approximate surface area is 55.3 Å². The van der Waals surface area contributed by atoms with Crippen LogP contribution in [0.25, 0.3) is 0 Å². The zero-order valence-corrected chi connectivity index (χ0v) is 5.91. The molecule has 3 nitrogen and oxygen atoms in total. The van der Waals surface area contributed by atoms with Crippen molar-refractivity contribution >= 4 is 17.5 Å². The molecule has 0 aliphatic heterocycles. The molecule has 0 saturated heterocycles. The molecule has 0 spiro atoms. The fourth-order valence-electron chi connectivity index (χ4n) is 0. The van der Waals surface area contributed by atoms with Gasteiger partial charge in [-0.2, -0.15) is 0 Å². The topological polar surface area (TPSA) is 63.2 Å². The van der Waals surface area contributed by atoms with E-state index >= 15 is 0 Å². The third-order valence-corrected chi connectivity index (χ3v) is 0. The molecule has 0 N–H and O–H groups in total. The minimum atomic E-state index is -1.50. The summed E-state index contributed by atoms with van der Waals surface area (Å²) in [4.78, 5) is 0. The van der Waals surface area contributed by atoms with Crippen LogP contribution in [0, 0.1) is 0 Å². The van der Waals surface area contributed by atoms with Gasteiger partial charge < -0.3 is 10.2 Å². The molecule has 0 saturated carbocycles. The van der Waals surface area contributed by atoms with Crippen molar-refractivity contribution < 1.29 is 37.7 Å². The van der Waals surface area contributed by atoms with Crippen LogP contribution in [0.2, 0.25) is 0 Å². The van der Waals surface area contributed by atoms with Gasteiger partial charge in [0.15, 0.2) is 0 Å². The van der Waals surface area contributed by atoms with E-state index in [0.29, 0.717) is 24.7 Å². The van der Waals surface area contributed by atoms with E-state index < -0.39 is 5.24 Å². The first-order chi connectivity index (χ1) is 2.73. The molecule has 0 fully saturated rings. The van der Waals surface area contributed by atoms with Crippen molar-refractivity contribution in [3.63, 3.8) is 0 Å². The molecular formula is CO3SZr. The van der Waals surface area contributed by atoms with Gasteiger partial charge in [0.1, 0.15) is 0 Å². The maximum atomic E-state index is 8.70. The monoisotopic (exact) mass is 182 g/mol. The molecule has 0 aromatic heterocycles. The number of thiocarbonyl (C=S) groups is 1. The van der Waals surface area contributed by atoms with E-state index in [1.54, 1.807) is 0 Å². The van der Waals surface area contributed by atoms with Crippen LogP contribution in [0.4, 0.5) is 0 Å². The van der Waals surface area contributed by atoms with Crippen LogP contribution in [0.1, 0.15) is 0 Å². The molecule has 6 heavy (non-hydrogen) atoms. The van der Waals surface area contributed by atoms with Crippen LogP contribution in [0.3, 0.4) is 0 Å². The Morgan fingerprint density at radius 1 is 1.50 bits per heavy atom. The molecule has 0 unspecified atom stereocenters. The van der Waals surface area contributed by atoms with E-state index in [1.807, 2.05) is 0 Å². The van der Waals surface area contributed by atoms with E-state index in [9.17, 15) is 0 Å². The van der Waals surface area contributed by atoms with Crippen LogP contribution in [-0.4, -0.2) is 5.24 Å². The SMILES string of the molecule is [O-]C([O-])=S.[O]=[Zr+2]. The van der Waals surface area contributed by atoms with Gasteiger partial charge in [-0.3, -0.25) is 0 Å². The quantitative estimate of drug-likeness (QED) is 0.402. The second-order valence-electron chi connectivity index (χ2n) is 0.250. The predicted octanol–water partition coefficient (Wildman–Crippen LogP) is -2.13. The van der Waals surface area contributed by atoms with Gasteiger partial charge in [0.2, 0.25) is 0 Å². The fourth-order valence-corrected chi connectivity index (χ4v) is 0. The van der Waals surface area contributed by atoms with Crippen molar-refractivity contribution in [1.82, 2.24) is 0 Å². The van der Waals surface area contributed by atoms with Crippen molar-refractivity contribution in [1.29, 1.82) is 0 Å². The summed E-state index contributed by atoms with van der Waals surface area (Å²) in [5.74, 6) is 0. The van der Waals surface area contributed by atoms with Crippen molar-refractivity contribution in [2.24, 2.45) is 0 Å². The molecule has 0 aromatic carbocycles. The van der Waals surface area contributed by atoms with E-state index in [0.717, 1.165) is 0 Å². The van der Waals surface area contributed by atoms with Crippen molar-refractivity contribution in [3.8, 4) is 0 Å². The molecule has 0 heterocycles. The molecule has 0 rings (SSSR count). The van der Waals surface area contributed by atoms with E-state index in [4.69, 9.17) is 13.0 Å². The van der Waals surface area contributed by atoms with E-state index in [2.05, 4.69) is 12.2 Å². The Hall–Kier alpha value is 0.373. The van der Waals surface area contributed by atoms with Crippen LogP contribution < -0.4 is 10.2 Å². The van der Waals surface area contributed by atoms with Crippen molar-refractivity contribution in [2.45, 2.75) is 0 Å². The molecule has 0 amide bonds. The summed E-state index contributed by atoms with van der Waals surface area (Å²) in [7, 11) is 0. The number of hydrogen-bond acceptors (Lipinski definition) is 4. The summed E-state index contributed by atoms with van der Waals surface area (Å²) in [6.45, 7) is 0. The molecule has 32 valence electrons. The molecule has 0 radical (unpaired) electrons. The van der Waals surface area contributed by atoms with E-state index in [-0.39, 0.29) is 0 Å². The zero-order valence-electron chi connectivity index (χ0n) is 2.63. The van der Waals surface area contributed by atoms with E-state index in [1.165, 1.54) is 0 Å². The van der Waals surface area contributed by atoms with Gasteiger partial charge in [0.25, 0.3) is 0 Å². The Kier molecular flexibility index (Phi) is 14.5. The van der Waals surface area contributed by atoms with Gasteiger partial charge in [-0.05, 0) is 0 Å². The summed E-state index contributed by atoms with van der Waals surface area (Å²) in [6.07, 6.45) is 0. The van der Waals surface area contributed by atoms with Gasteiger partial charge >= 0.3 is 27.5 Å². The normalized spacial score (nSPS) is 5.00. The van der Waals surface area contributed by atoms with Crippen molar-refractivity contribution in [3.05, 3.63) is 0 Å². The number of rotatable bonds is 0. The van der Waals surface area contributed by atoms with Crippen LogP contribution in [0.15, 0.2) is 0 Å². The standard InChI is InChI=1S/CH2O2S.O.Zr/c2-1(3)4;;/h(H2,2,3,4);;/q;;+2/p-2. The maximum absolute atomic E-state index is 8.70. The van der Waals surface area contributed by atoms with Crippen molar-refractivity contribution in [2.75, 3.05) is 0 Å². The molecule has 0 atom stereocenters. The summed E-state index contributed by atoms with van der Waals surface area (Å²) in [5.41, 5.74) is 0. The average molecular weight is 183 g/mol. The van der Waals surface area contributed by atoms with Gasteiger partial charge in [-0.1, -0.05) is 0 Å². The Bertz CT molecular complexity index is 42.1. The first kappa shape index (κ1) is 9.62. The average Bonchev–Trinajstić information content (AvgIpc) is 1.41. The Morgan fingerprint density at radius 2 is 1.50 bits per heavy atom. The second-order valence-corrected chi connectivity index (χ2v) is 0.583. The van der Waals surface area contributed by atoms with Crippen LogP contribution in [0.5, 0.6) is 0 Å². The van der Waals surface area contributed by atoms with Gasteiger partial charge in [-0.25, -0.2) is 0 Å². The third-order valence-electron chi connectivity index (χ3n) is 0. The molecule has 5 heteroatoms. The van der Waals surface area contributed by atoms with Crippen LogP contribution in [-0.2, 0) is 27.5 Å². The summed E-state index contributed by atoms with van der Waals surface area (Å²) in [6, 6.07) is 0. The van der Waals surface area contributed by atoms with Gasteiger partial charge in [0, 0.05) is 0 Å². The Morgan fingerprint density at radius 3 is 1.50 bits per heavy atom. The first-order valence-electron chi connectivity index (χ1n) is 0.816. The summed E-state index contributed by atoms with van der Waals surface area (Å²) < 4.78 is 8.34.